The molecule has 3 rings (SSSR count). The van der Waals surface area contributed by atoms with Gasteiger partial charge in [-0.25, -0.2) is 8.42 Å². The van der Waals surface area contributed by atoms with E-state index in [1.165, 1.54) is 17.0 Å². The van der Waals surface area contributed by atoms with Crippen LogP contribution in [0.3, 0.4) is 0 Å². The predicted octanol–water partition coefficient (Wildman–Crippen LogP) is 6.31. The summed E-state index contributed by atoms with van der Waals surface area (Å²) in [6, 6.07) is 18.5. The van der Waals surface area contributed by atoms with Crippen molar-refractivity contribution in [1.29, 1.82) is 0 Å². The van der Waals surface area contributed by atoms with Gasteiger partial charge in [0.05, 0.1) is 17.2 Å². The lowest BCUT2D eigenvalue weighted by atomic mass is 10.1. The van der Waals surface area contributed by atoms with Crippen LogP contribution in [0, 0.1) is 0 Å². The van der Waals surface area contributed by atoms with E-state index in [9.17, 15) is 18.0 Å². The molecule has 0 saturated carbocycles. The summed E-state index contributed by atoms with van der Waals surface area (Å²) in [5, 5.41) is 3.58. The summed E-state index contributed by atoms with van der Waals surface area (Å²) in [6.07, 6.45) is 0.261. The fourth-order valence-corrected chi connectivity index (χ4v) is 6.36. The third-order valence-corrected chi connectivity index (χ3v) is 8.80. The number of nitrogens with zero attached hydrogens (tertiary/aromatic N) is 2. The van der Waals surface area contributed by atoms with Crippen molar-refractivity contribution in [2.24, 2.45) is 0 Å². The number of hydrogen-bond donors (Lipinski definition) is 1. The number of para-hydroxylation sites is 2. The molecule has 0 unspecified atom stereocenters. The minimum absolute atomic E-state index is 0.00215. The van der Waals surface area contributed by atoms with E-state index in [0.717, 1.165) is 4.31 Å². The number of anilines is 1. The maximum absolute atomic E-state index is 14.3. The normalized spacial score (nSPS) is 12.4. The summed E-state index contributed by atoms with van der Waals surface area (Å²) in [4.78, 5) is 29.1. The molecule has 2 amide bonds. The second-order valence-corrected chi connectivity index (χ2v) is 13.3. The quantitative estimate of drug-likeness (QED) is 0.252. The number of rotatable bonds is 12. The number of carbonyl (C=O) groups excluding carboxylic acids is 2. The lowest BCUT2D eigenvalue weighted by Gasteiger charge is -2.35. The molecule has 11 heteroatoms. The minimum Gasteiger partial charge on any atom is -0.492 e. The molecule has 0 aliphatic heterocycles. The van der Waals surface area contributed by atoms with Crippen LogP contribution in [0.15, 0.2) is 77.7 Å². The van der Waals surface area contributed by atoms with E-state index < -0.39 is 34.1 Å². The van der Waals surface area contributed by atoms with E-state index in [2.05, 4.69) is 5.32 Å². The standard InChI is InChI=1S/C31H37Cl2N3O5S/c1-6-26(30(38)34-31(3,4)5)35(20-23-24(32)16-13-17-25(23)33)29(37)21-36(27-18-11-12-19-28(27)41-7-2)42(39,40)22-14-9-8-10-15-22/h8-19,26H,6-7,20-21H2,1-5H3,(H,34,38)/t26-/m1/s1. The van der Waals surface area contributed by atoms with Gasteiger partial charge in [0, 0.05) is 27.7 Å². The third kappa shape index (κ3) is 8.18. The first kappa shape index (κ1) is 33.2. The van der Waals surface area contributed by atoms with Crippen molar-refractivity contribution in [1.82, 2.24) is 10.2 Å². The van der Waals surface area contributed by atoms with Gasteiger partial charge >= 0.3 is 0 Å². The van der Waals surface area contributed by atoms with Crippen LogP contribution in [0.4, 0.5) is 5.69 Å². The number of ether oxygens (including phenoxy) is 1. The summed E-state index contributed by atoms with van der Waals surface area (Å²) in [7, 11) is -4.24. The predicted molar refractivity (Wildman–Crippen MR) is 168 cm³/mol. The zero-order chi connectivity index (χ0) is 31.1. The van der Waals surface area contributed by atoms with E-state index in [1.807, 2.05) is 20.8 Å². The number of nitrogens with one attached hydrogen (secondary N) is 1. The van der Waals surface area contributed by atoms with Crippen LogP contribution in [0.5, 0.6) is 5.75 Å². The molecule has 0 heterocycles. The van der Waals surface area contributed by atoms with E-state index in [4.69, 9.17) is 27.9 Å². The van der Waals surface area contributed by atoms with Gasteiger partial charge in [0.25, 0.3) is 10.0 Å². The molecule has 3 aromatic carbocycles. The highest BCUT2D eigenvalue weighted by Crippen LogP contribution is 2.33. The monoisotopic (exact) mass is 633 g/mol. The Morgan fingerprint density at radius 2 is 1.50 bits per heavy atom. The molecule has 0 fully saturated rings. The lowest BCUT2D eigenvalue weighted by molar-refractivity contribution is -0.141. The molecule has 1 N–H and O–H groups in total. The summed E-state index contributed by atoms with van der Waals surface area (Å²) in [5.74, 6) is -0.702. The maximum Gasteiger partial charge on any atom is 0.264 e. The molecule has 226 valence electrons. The van der Waals surface area contributed by atoms with Gasteiger partial charge in [-0.05, 0) is 70.5 Å². The van der Waals surface area contributed by atoms with E-state index in [0.29, 0.717) is 21.4 Å². The van der Waals surface area contributed by atoms with Gasteiger partial charge in [-0.3, -0.25) is 13.9 Å². The van der Waals surface area contributed by atoms with Crippen molar-refractivity contribution in [3.8, 4) is 5.75 Å². The van der Waals surface area contributed by atoms with Gasteiger partial charge in [0.1, 0.15) is 18.3 Å². The van der Waals surface area contributed by atoms with Gasteiger partial charge in [-0.1, -0.05) is 66.5 Å². The van der Waals surface area contributed by atoms with Crippen molar-refractivity contribution in [2.75, 3.05) is 17.5 Å². The molecular formula is C31H37Cl2N3O5S. The van der Waals surface area contributed by atoms with Crippen molar-refractivity contribution < 1.29 is 22.7 Å². The Kier molecular flexibility index (Phi) is 11.3. The Labute approximate surface area is 258 Å². The number of halogens is 2. The van der Waals surface area contributed by atoms with Gasteiger partial charge in [0.2, 0.25) is 11.8 Å². The Hall–Kier alpha value is -3.27. The van der Waals surface area contributed by atoms with Crippen LogP contribution in [-0.2, 0) is 26.2 Å². The number of hydrogen-bond acceptors (Lipinski definition) is 5. The highest BCUT2D eigenvalue weighted by molar-refractivity contribution is 7.92. The molecule has 0 saturated heterocycles. The molecule has 8 nitrogen and oxygen atoms in total. The van der Waals surface area contributed by atoms with E-state index in [1.54, 1.807) is 74.5 Å². The molecule has 3 aromatic rings. The summed E-state index contributed by atoms with van der Waals surface area (Å²) in [6.45, 7) is 8.65. The van der Waals surface area contributed by atoms with Crippen molar-refractivity contribution >= 4 is 50.7 Å². The average Bonchev–Trinajstić information content (AvgIpc) is 2.93. The highest BCUT2D eigenvalue weighted by Gasteiger charge is 2.36. The number of amides is 2. The minimum atomic E-state index is -4.24. The fraction of sp³-hybridized carbons (Fsp3) is 0.355. The second-order valence-electron chi connectivity index (χ2n) is 10.6. The smallest absolute Gasteiger partial charge is 0.264 e. The zero-order valence-electron chi connectivity index (χ0n) is 24.4. The Morgan fingerprint density at radius 1 is 0.905 bits per heavy atom. The van der Waals surface area contributed by atoms with Gasteiger partial charge in [0.15, 0.2) is 0 Å². The maximum atomic E-state index is 14.3. The van der Waals surface area contributed by atoms with E-state index in [-0.39, 0.29) is 36.1 Å². The summed E-state index contributed by atoms with van der Waals surface area (Å²) < 4.78 is 34.9. The van der Waals surface area contributed by atoms with Crippen molar-refractivity contribution in [3.05, 3.63) is 88.4 Å². The fourth-order valence-electron chi connectivity index (χ4n) is 4.40. The van der Waals surface area contributed by atoms with Gasteiger partial charge in [-0.2, -0.15) is 0 Å². The molecule has 0 aromatic heterocycles. The molecule has 0 spiro atoms. The average molecular weight is 635 g/mol. The van der Waals surface area contributed by atoms with Crippen LogP contribution >= 0.6 is 23.2 Å². The Balaban J connectivity index is 2.15. The largest absolute Gasteiger partial charge is 0.492 e. The van der Waals surface area contributed by atoms with E-state index >= 15 is 0 Å². The highest BCUT2D eigenvalue weighted by atomic mass is 35.5. The van der Waals surface area contributed by atoms with Crippen molar-refractivity contribution in [2.45, 2.75) is 64.1 Å². The van der Waals surface area contributed by atoms with Gasteiger partial charge < -0.3 is 15.0 Å². The SMILES string of the molecule is CCOc1ccccc1N(CC(=O)N(Cc1c(Cl)cccc1Cl)[C@H](CC)C(=O)NC(C)(C)C)S(=O)(=O)c1ccccc1. The molecule has 1 atom stereocenters. The van der Waals surface area contributed by atoms with Crippen molar-refractivity contribution in [3.63, 3.8) is 0 Å². The third-order valence-electron chi connectivity index (χ3n) is 6.32. The first-order chi connectivity index (χ1) is 19.8. The summed E-state index contributed by atoms with van der Waals surface area (Å²) >= 11 is 13.0. The van der Waals surface area contributed by atoms with Crippen LogP contribution in [0.2, 0.25) is 10.0 Å². The number of benzene rings is 3. The molecular weight excluding hydrogens is 597 g/mol. The number of sulfonamides is 1. The Morgan fingerprint density at radius 3 is 2.07 bits per heavy atom. The first-order valence-electron chi connectivity index (χ1n) is 13.6. The van der Waals surface area contributed by atoms with Crippen LogP contribution in [0.25, 0.3) is 0 Å². The van der Waals surface area contributed by atoms with Crippen LogP contribution < -0.4 is 14.4 Å². The topological polar surface area (TPSA) is 96.0 Å². The molecule has 0 aliphatic carbocycles. The Bertz CT molecular complexity index is 1470. The first-order valence-corrected chi connectivity index (χ1v) is 15.8. The van der Waals surface area contributed by atoms with Crippen LogP contribution in [-0.4, -0.2) is 49.9 Å². The molecule has 0 aliphatic rings. The lowest BCUT2D eigenvalue weighted by Crippen LogP contribution is -2.55. The molecule has 0 radical (unpaired) electrons. The number of carbonyl (C=O) groups is 2. The van der Waals surface area contributed by atoms with Crippen LogP contribution in [0.1, 0.15) is 46.6 Å². The van der Waals surface area contributed by atoms with Gasteiger partial charge in [-0.15, -0.1) is 0 Å². The second kappa shape index (κ2) is 14.3. The zero-order valence-corrected chi connectivity index (χ0v) is 26.8. The summed E-state index contributed by atoms with van der Waals surface area (Å²) in [5.41, 5.74) is 0.0724. The molecule has 0 bridgehead atoms. The molecule has 42 heavy (non-hydrogen) atoms.